The summed E-state index contributed by atoms with van der Waals surface area (Å²) in [5.41, 5.74) is 0. The Bertz CT molecular complexity index is 67.3. The monoisotopic (exact) mass is 162 g/mol. The second-order valence-corrected chi connectivity index (χ2v) is 5.26. The van der Waals surface area contributed by atoms with Gasteiger partial charge in [0, 0.05) is 11.0 Å². The van der Waals surface area contributed by atoms with Gasteiger partial charge >= 0.3 is 0 Å². The average molecular weight is 162 g/mol. The van der Waals surface area contributed by atoms with Gasteiger partial charge in [0.15, 0.2) is 0 Å². The molecule has 0 aromatic heterocycles. The molecule has 0 aromatic rings. The van der Waals surface area contributed by atoms with Crippen LogP contribution in [0.5, 0.6) is 0 Å². The van der Waals surface area contributed by atoms with E-state index >= 15 is 0 Å². The van der Waals surface area contributed by atoms with Crippen molar-refractivity contribution in [1.29, 1.82) is 0 Å². The van der Waals surface area contributed by atoms with Crippen LogP contribution < -0.4 is 0 Å². The number of unbranched alkanes of at least 4 members (excludes halogenated alkanes) is 1. The van der Waals surface area contributed by atoms with Crippen molar-refractivity contribution in [2.75, 3.05) is 5.75 Å². The van der Waals surface area contributed by atoms with E-state index in [2.05, 4.69) is 17.7 Å². The first-order valence-corrected chi connectivity index (χ1v) is 6.10. The highest BCUT2D eigenvalue weighted by Crippen LogP contribution is 2.39. The van der Waals surface area contributed by atoms with Gasteiger partial charge in [0.05, 0.1) is 0 Å². The van der Waals surface area contributed by atoms with Gasteiger partial charge in [-0.2, -0.15) is 0 Å². The first kappa shape index (κ1) is 7.80. The molecule has 0 amide bonds. The third-order valence-corrected chi connectivity index (χ3v) is 4.61. The fourth-order valence-electron chi connectivity index (χ4n) is 0.996. The molecule has 1 rings (SSSR count). The molecule has 1 aliphatic rings. The Hall–Kier alpha value is 0.700. The molecule has 0 N–H and O–H groups in total. The summed E-state index contributed by atoms with van der Waals surface area (Å²) in [7, 11) is 4.15. The van der Waals surface area contributed by atoms with Crippen LogP contribution in [0.2, 0.25) is 0 Å². The molecular weight excluding hydrogens is 148 g/mol. The van der Waals surface area contributed by atoms with Crippen LogP contribution in [0.3, 0.4) is 0 Å². The van der Waals surface area contributed by atoms with Gasteiger partial charge in [-0.25, -0.2) is 0 Å². The van der Waals surface area contributed by atoms with Crippen LogP contribution in [0.4, 0.5) is 0 Å². The van der Waals surface area contributed by atoms with Gasteiger partial charge in [0.2, 0.25) is 0 Å². The van der Waals surface area contributed by atoms with E-state index in [4.69, 9.17) is 0 Å². The van der Waals surface area contributed by atoms with Gasteiger partial charge in [-0.05, 0) is 12.8 Å². The van der Waals surface area contributed by atoms with Crippen LogP contribution in [-0.2, 0) is 0 Å². The van der Waals surface area contributed by atoms with Crippen molar-refractivity contribution in [2.45, 2.75) is 37.9 Å². The topological polar surface area (TPSA) is 0 Å². The molecule has 1 heterocycles. The molecule has 0 aromatic carbocycles. The van der Waals surface area contributed by atoms with Gasteiger partial charge in [0.1, 0.15) is 0 Å². The van der Waals surface area contributed by atoms with E-state index in [0.29, 0.717) is 0 Å². The van der Waals surface area contributed by atoms with Gasteiger partial charge < -0.3 is 0 Å². The summed E-state index contributed by atoms with van der Waals surface area (Å²) in [6.07, 6.45) is 5.70. The van der Waals surface area contributed by atoms with Crippen molar-refractivity contribution in [3.63, 3.8) is 0 Å². The fourth-order valence-corrected chi connectivity index (χ4v) is 4.02. The third kappa shape index (κ3) is 2.85. The summed E-state index contributed by atoms with van der Waals surface area (Å²) in [6, 6.07) is 0. The van der Waals surface area contributed by atoms with Crippen LogP contribution in [0, 0.1) is 0 Å². The standard InChI is InChI=1S/C7H14S2/c1-2-3-4-7-5-6-8-9-7/h7H,2-6H2,1H3/t7-/m1/s1. The van der Waals surface area contributed by atoms with E-state index < -0.39 is 0 Å². The lowest BCUT2D eigenvalue weighted by molar-refractivity contribution is 0.679. The zero-order valence-corrected chi connectivity index (χ0v) is 7.56. The van der Waals surface area contributed by atoms with E-state index in [1.54, 1.807) is 0 Å². The van der Waals surface area contributed by atoms with Gasteiger partial charge in [0.25, 0.3) is 0 Å². The molecule has 0 saturated carbocycles. The van der Waals surface area contributed by atoms with Crippen LogP contribution >= 0.6 is 21.6 Å². The maximum Gasteiger partial charge on any atom is 0.0159 e. The molecular formula is C7H14S2. The largest absolute Gasteiger partial charge is 0.0938 e. The average Bonchev–Trinajstić information content (AvgIpc) is 2.34. The first-order chi connectivity index (χ1) is 4.43. The molecule has 2 heteroatoms. The second-order valence-electron chi connectivity index (χ2n) is 2.47. The minimum absolute atomic E-state index is 0.995. The Balaban J connectivity index is 1.98. The van der Waals surface area contributed by atoms with E-state index in [9.17, 15) is 0 Å². The predicted molar refractivity (Wildman–Crippen MR) is 48.0 cm³/mol. The highest BCUT2D eigenvalue weighted by Gasteiger charge is 2.14. The maximum absolute atomic E-state index is 2.27. The molecule has 1 atom stereocenters. The molecule has 1 aliphatic heterocycles. The smallest absolute Gasteiger partial charge is 0.0159 e. The number of hydrogen-bond donors (Lipinski definition) is 0. The fraction of sp³-hybridized carbons (Fsp3) is 1.00. The van der Waals surface area contributed by atoms with Crippen LogP contribution in [0.1, 0.15) is 32.6 Å². The van der Waals surface area contributed by atoms with Crippen LogP contribution in [0.15, 0.2) is 0 Å². The summed E-state index contributed by atoms with van der Waals surface area (Å²) >= 11 is 0. The summed E-state index contributed by atoms with van der Waals surface area (Å²) in [5.74, 6) is 1.39. The van der Waals surface area contributed by atoms with Crippen molar-refractivity contribution in [1.82, 2.24) is 0 Å². The lowest BCUT2D eigenvalue weighted by Gasteiger charge is -2.03. The summed E-state index contributed by atoms with van der Waals surface area (Å²) < 4.78 is 0. The quantitative estimate of drug-likeness (QED) is 0.584. The molecule has 0 bridgehead atoms. The lowest BCUT2D eigenvalue weighted by atomic mass is 10.2. The highest BCUT2D eigenvalue weighted by molar-refractivity contribution is 8.77. The zero-order valence-electron chi connectivity index (χ0n) is 5.93. The molecule has 9 heavy (non-hydrogen) atoms. The molecule has 0 radical (unpaired) electrons. The molecule has 54 valence electrons. The Labute approximate surface area is 65.6 Å². The van der Waals surface area contributed by atoms with E-state index in [-0.39, 0.29) is 0 Å². The van der Waals surface area contributed by atoms with Crippen LogP contribution in [-0.4, -0.2) is 11.0 Å². The van der Waals surface area contributed by atoms with E-state index in [1.807, 2.05) is 10.8 Å². The van der Waals surface area contributed by atoms with Crippen molar-refractivity contribution in [2.24, 2.45) is 0 Å². The van der Waals surface area contributed by atoms with E-state index in [1.165, 1.54) is 31.4 Å². The number of hydrogen-bond acceptors (Lipinski definition) is 2. The summed E-state index contributed by atoms with van der Waals surface area (Å²) in [4.78, 5) is 0. The Morgan fingerprint density at radius 3 is 3.00 bits per heavy atom. The van der Waals surface area contributed by atoms with Crippen molar-refractivity contribution in [3.05, 3.63) is 0 Å². The Morgan fingerprint density at radius 2 is 2.44 bits per heavy atom. The van der Waals surface area contributed by atoms with Crippen molar-refractivity contribution in [3.8, 4) is 0 Å². The molecule has 1 fully saturated rings. The molecule has 0 aliphatic carbocycles. The first-order valence-electron chi connectivity index (χ1n) is 3.71. The van der Waals surface area contributed by atoms with Crippen molar-refractivity contribution < 1.29 is 0 Å². The number of rotatable bonds is 3. The van der Waals surface area contributed by atoms with Gasteiger partial charge in [-0.3, -0.25) is 0 Å². The SMILES string of the molecule is CCCC[C@@H]1CCSS1. The summed E-state index contributed by atoms with van der Waals surface area (Å²) in [5, 5.41) is 0.995. The molecule has 0 unspecified atom stereocenters. The van der Waals surface area contributed by atoms with E-state index in [0.717, 1.165) is 5.25 Å². The normalized spacial score (nSPS) is 27.0. The Morgan fingerprint density at radius 1 is 1.56 bits per heavy atom. The second kappa shape index (κ2) is 4.51. The molecule has 1 saturated heterocycles. The van der Waals surface area contributed by atoms with Gasteiger partial charge in [-0.1, -0.05) is 41.4 Å². The summed E-state index contributed by atoms with van der Waals surface area (Å²) in [6.45, 7) is 2.27. The van der Waals surface area contributed by atoms with Gasteiger partial charge in [-0.15, -0.1) is 0 Å². The maximum atomic E-state index is 2.27. The van der Waals surface area contributed by atoms with Crippen molar-refractivity contribution >= 4 is 21.6 Å². The van der Waals surface area contributed by atoms with Crippen LogP contribution in [0.25, 0.3) is 0 Å². The zero-order chi connectivity index (χ0) is 6.53. The minimum Gasteiger partial charge on any atom is -0.0938 e. The minimum atomic E-state index is 0.995. The highest BCUT2D eigenvalue weighted by atomic mass is 33.1. The molecule has 0 spiro atoms. The third-order valence-electron chi connectivity index (χ3n) is 1.61. The predicted octanol–water partition coefficient (Wildman–Crippen LogP) is 3.33. The molecule has 0 nitrogen and oxygen atoms in total. The Kier molecular flexibility index (Phi) is 3.91. The lowest BCUT2D eigenvalue weighted by Crippen LogP contribution is -1.95.